The van der Waals surface area contributed by atoms with Crippen LogP contribution in [0.25, 0.3) is 11.4 Å². The number of tetrazole rings is 1. The standard InChI is InChI=1S/C14H19N5O/c1-14(2,9-7-8-9)19-13(16-17-18-19)12-10(15)5-4-6-11(12)20-3/h4-6,9H,7-8,15H2,1-3H3. The van der Waals surface area contributed by atoms with E-state index in [4.69, 9.17) is 10.5 Å². The number of ether oxygens (including phenoxy) is 1. The Morgan fingerprint density at radius 2 is 2.10 bits per heavy atom. The molecule has 20 heavy (non-hydrogen) atoms. The number of nitrogen functional groups attached to an aromatic ring is 1. The largest absolute Gasteiger partial charge is 0.496 e. The number of rotatable bonds is 4. The van der Waals surface area contributed by atoms with Gasteiger partial charge in [0.1, 0.15) is 5.75 Å². The number of aromatic nitrogens is 4. The fourth-order valence-corrected chi connectivity index (χ4v) is 2.65. The van der Waals surface area contributed by atoms with Crippen LogP contribution in [-0.2, 0) is 5.54 Å². The smallest absolute Gasteiger partial charge is 0.188 e. The molecular formula is C14H19N5O. The van der Waals surface area contributed by atoms with Gasteiger partial charge in [0.25, 0.3) is 0 Å². The fraction of sp³-hybridized carbons (Fsp3) is 0.500. The molecule has 0 amide bonds. The van der Waals surface area contributed by atoms with Crippen LogP contribution in [0.4, 0.5) is 5.69 Å². The van der Waals surface area contributed by atoms with Crippen molar-refractivity contribution in [2.75, 3.05) is 12.8 Å². The summed E-state index contributed by atoms with van der Waals surface area (Å²) >= 11 is 0. The highest BCUT2D eigenvalue weighted by atomic mass is 16.5. The Hall–Kier alpha value is -2.11. The molecule has 1 aliphatic rings. The molecule has 1 aromatic heterocycles. The van der Waals surface area contributed by atoms with Crippen LogP contribution in [0.5, 0.6) is 5.75 Å². The monoisotopic (exact) mass is 273 g/mol. The van der Waals surface area contributed by atoms with Crippen LogP contribution in [0, 0.1) is 5.92 Å². The van der Waals surface area contributed by atoms with Gasteiger partial charge in [-0.25, -0.2) is 4.68 Å². The number of hydrogen-bond acceptors (Lipinski definition) is 5. The normalized spacial score (nSPS) is 15.3. The van der Waals surface area contributed by atoms with Crippen molar-refractivity contribution in [2.24, 2.45) is 5.92 Å². The summed E-state index contributed by atoms with van der Waals surface area (Å²) in [6.45, 7) is 4.33. The molecule has 1 aromatic carbocycles. The van der Waals surface area contributed by atoms with Crippen molar-refractivity contribution >= 4 is 5.69 Å². The van der Waals surface area contributed by atoms with E-state index in [0.29, 0.717) is 23.2 Å². The van der Waals surface area contributed by atoms with Gasteiger partial charge >= 0.3 is 0 Å². The highest BCUT2D eigenvalue weighted by Crippen LogP contribution is 2.45. The van der Waals surface area contributed by atoms with Crippen molar-refractivity contribution in [1.82, 2.24) is 20.2 Å². The molecule has 1 heterocycles. The molecule has 0 atom stereocenters. The highest BCUT2D eigenvalue weighted by Gasteiger charge is 2.42. The van der Waals surface area contributed by atoms with Gasteiger partial charge in [0, 0.05) is 5.69 Å². The lowest BCUT2D eigenvalue weighted by Crippen LogP contribution is -2.31. The average molecular weight is 273 g/mol. The third-order valence-corrected chi connectivity index (χ3v) is 4.09. The molecule has 1 fully saturated rings. The van der Waals surface area contributed by atoms with E-state index in [-0.39, 0.29) is 5.54 Å². The maximum atomic E-state index is 6.10. The molecule has 106 valence electrons. The van der Waals surface area contributed by atoms with Crippen molar-refractivity contribution in [1.29, 1.82) is 0 Å². The van der Waals surface area contributed by atoms with Gasteiger partial charge in [-0.2, -0.15) is 0 Å². The minimum atomic E-state index is -0.119. The summed E-state index contributed by atoms with van der Waals surface area (Å²) < 4.78 is 7.28. The topological polar surface area (TPSA) is 78.8 Å². The average Bonchev–Trinajstić information content (AvgIpc) is 3.17. The zero-order valence-electron chi connectivity index (χ0n) is 12.0. The molecule has 3 rings (SSSR count). The van der Waals surface area contributed by atoms with Gasteiger partial charge in [0.15, 0.2) is 5.82 Å². The molecule has 0 unspecified atom stereocenters. The molecule has 1 aliphatic carbocycles. The number of nitrogens with zero attached hydrogens (tertiary/aromatic N) is 4. The molecule has 0 radical (unpaired) electrons. The molecule has 2 N–H and O–H groups in total. The van der Waals surface area contributed by atoms with Gasteiger partial charge in [-0.05, 0) is 55.2 Å². The Balaban J connectivity index is 2.15. The molecule has 2 aromatic rings. The Morgan fingerprint density at radius 1 is 1.35 bits per heavy atom. The summed E-state index contributed by atoms with van der Waals surface area (Å²) in [5, 5.41) is 12.2. The van der Waals surface area contributed by atoms with E-state index in [2.05, 4.69) is 29.4 Å². The van der Waals surface area contributed by atoms with Crippen LogP contribution in [0.15, 0.2) is 18.2 Å². The van der Waals surface area contributed by atoms with Crippen molar-refractivity contribution in [3.8, 4) is 17.1 Å². The Kier molecular flexibility index (Phi) is 2.88. The number of methoxy groups -OCH3 is 1. The fourth-order valence-electron chi connectivity index (χ4n) is 2.65. The first kappa shape index (κ1) is 12.9. The zero-order valence-corrected chi connectivity index (χ0v) is 12.0. The molecule has 0 saturated heterocycles. The van der Waals surface area contributed by atoms with Crippen molar-refractivity contribution in [2.45, 2.75) is 32.2 Å². The second-order valence-corrected chi connectivity index (χ2v) is 5.77. The third-order valence-electron chi connectivity index (χ3n) is 4.09. The van der Waals surface area contributed by atoms with Crippen molar-refractivity contribution < 1.29 is 4.74 Å². The Bertz CT molecular complexity index is 630. The van der Waals surface area contributed by atoms with E-state index in [1.807, 2.05) is 22.9 Å². The van der Waals surface area contributed by atoms with Gasteiger partial charge in [0.05, 0.1) is 18.2 Å². The molecule has 0 spiro atoms. The third kappa shape index (κ3) is 1.92. The number of benzene rings is 1. The number of nitrogens with two attached hydrogens (primary N) is 1. The van der Waals surface area contributed by atoms with Gasteiger partial charge in [0.2, 0.25) is 0 Å². The van der Waals surface area contributed by atoms with Crippen LogP contribution in [0.1, 0.15) is 26.7 Å². The van der Waals surface area contributed by atoms with E-state index in [1.165, 1.54) is 12.8 Å². The van der Waals surface area contributed by atoms with E-state index in [1.54, 1.807) is 7.11 Å². The van der Waals surface area contributed by atoms with E-state index < -0.39 is 0 Å². The van der Waals surface area contributed by atoms with Crippen molar-refractivity contribution in [3.05, 3.63) is 18.2 Å². The summed E-state index contributed by atoms with van der Waals surface area (Å²) in [6, 6.07) is 5.56. The lowest BCUT2D eigenvalue weighted by Gasteiger charge is -2.26. The summed E-state index contributed by atoms with van der Waals surface area (Å²) in [5.74, 6) is 1.96. The van der Waals surface area contributed by atoms with Gasteiger partial charge in [-0.1, -0.05) is 6.07 Å². The maximum Gasteiger partial charge on any atom is 0.188 e. The Morgan fingerprint density at radius 3 is 2.75 bits per heavy atom. The zero-order chi connectivity index (χ0) is 14.3. The lowest BCUT2D eigenvalue weighted by atomic mass is 9.98. The molecule has 6 nitrogen and oxygen atoms in total. The molecule has 0 aliphatic heterocycles. The summed E-state index contributed by atoms with van der Waals surface area (Å²) in [6.07, 6.45) is 2.43. The van der Waals surface area contributed by atoms with Crippen LogP contribution in [0.3, 0.4) is 0 Å². The SMILES string of the molecule is COc1cccc(N)c1-c1nnnn1C(C)(C)C1CC1. The second kappa shape index (κ2) is 4.47. The van der Waals surface area contributed by atoms with Gasteiger partial charge in [-0.15, -0.1) is 5.10 Å². The summed E-state index contributed by atoms with van der Waals surface area (Å²) in [5.41, 5.74) is 7.36. The predicted molar refractivity (Wildman–Crippen MR) is 76.3 cm³/mol. The van der Waals surface area contributed by atoms with Crippen LogP contribution in [-0.4, -0.2) is 27.3 Å². The molecule has 0 bridgehead atoms. The summed E-state index contributed by atoms with van der Waals surface area (Å²) in [7, 11) is 1.62. The van der Waals surface area contributed by atoms with Gasteiger partial charge in [-0.3, -0.25) is 0 Å². The van der Waals surface area contributed by atoms with E-state index >= 15 is 0 Å². The van der Waals surface area contributed by atoms with Crippen LogP contribution >= 0.6 is 0 Å². The number of hydrogen-bond donors (Lipinski definition) is 1. The highest BCUT2D eigenvalue weighted by molar-refractivity contribution is 5.77. The van der Waals surface area contributed by atoms with Gasteiger partial charge < -0.3 is 10.5 Å². The Labute approximate surface area is 117 Å². The second-order valence-electron chi connectivity index (χ2n) is 5.77. The van der Waals surface area contributed by atoms with E-state index in [9.17, 15) is 0 Å². The van der Waals surface area contributed by atoms with Crippen molar-refractivity contribution in [3.63, 3.8) is 0 Å². The molecule has 6 heteroatoms. The lowest BCUT2D eigenvalue weighted by molar-refractivity contribution is 0.271. The van der Waals surface area contributed by atoms with Crippen LogP contribution < -0.4 is 10.5 Å². The first-order chi connectivity index (χ1) is 9.55. The first-order valence-corrected chi connectivity index (χ1v) is 6.77. The quantitative estimate of drug-likeness (QED) is 0.863. The molecule has 1 saturated carbocycles. The minimum Gasteiger partial charge on any atom is -0.496 e. The minimum absolute atomic E-state index is 0.119. The maximum absolute atomic E-state index is 6.10. The summed E-state index contributed by atoms with van der Waals surface area (Å²) in [4.78, 5) is 0. The van der Waals surface area contributed by atoms with E-state index in [0.717, 1.165) is 5.56 Å². The predicted octanol–water partition coefficient (Wildman–Crippen LogP) is 2.08. The first-order valence-electron chi connectivity index (χ1n) is 6.77. The molecular weight excluding hydrogens is 254 g/mol. The number of anilines is 1. The van der Waals surface area contributed by atoms with Crippen LogP contribution in [0.2, 0.25) is 0 Å².